The van der Waals surface area contributed by atoms with Gasteiger partial charge in [-0.3, -0.25) is 19.2 Å². The summed E-state index contributed by atoms with van der Waals surface area (Å²) < 4.78 is 0. The minimum absolute atomic E-state index is 0.254. The summed E-state index contributed by atoms with van der Waals surface area (Å²) in [6.07, 6.45) is 7.03. The van der Waals surface area contributed by atoms with Crippen molar-refractivity contribution < 1.29 is 24.3 Å². The molecule has 0 unspecified atom stereocenters. The summed E-state index contributed by atoms with van der Waals surface area (Å²) in [6.45, 7) is -1.10. The van der Waals surface area contributed by atoms with E-state index in [0.29, 0.717) is 5.57 Å². The molecule has 0 atom stereocenters. The van der Waals surface area contributed by atoms with E-state index in [1.165, 1.54) is 0 Å². The van der Waals surface area contributed by atoms with E-state index in [4.69, 9.17) is 5.11 Å². The third-order valence-electron chi connectivity index (χ3n) is 2.55. The molecule has 0 aliphatic heterocycles. The second kappa shape index (κ2) is 8.51. The Morgan fingerprint density at radius 3 is 2.14 bits per heavy atom. The van der Waals surface area contributed by atoms with Crippen LogP contribution in [0.15, 0.2) is 23.8 Å². The van der Waals surface area contributed by atoms with Crippen LogP contribution < -0.4 is 16.0 Å². The molecule has 0 spiro atoms. The number of hydrogen-bond donors (Lipinski definition) is 4. The second-order valence-corrected chi connectivity index (χ2v) is 4.27. The maximum Gasteiger partial charge on any atom is 0.322 e. The van der Waals surface area contributed by atoms with Gasteiger partial charge in [-0.1, -0.05) is 18.2 Å². The smallest absolute Gasteiger partial charge is 0.322 e. The molecule has 3 amide bonds. The van der Waals surface area contributed by atoms with Gasteiger partial charge in [-0.05, 0) is 12.8 Å². The molecular formula is C13H17N3O5. The van der Waals surface area contributed by atoms with Crippen LogP contribution in [-0.2, 0) is 19.2 Å². The Bertz CT molecular complexity index is 496. The number of carboxylic acids is 1. The summed E-state index contributed by atoms with van der Waals surface area (Å²) in [5, 5.41) is 15.1. The summed E-state index contributed by atoms with van der Waals surface area (Å²) in [4.78, 5) is 44.4. The zero-order valence-corrected chi connectivity index (χ0v) is 11.3. The van der Waals surface area contributed by atoms with Crippen LogP contribution in [-0.4, -0.2) is 48.4 Å². The summed E-state index contributed by atoms with van der Waals surface area (Å²) in [5.74, 6) is -2.67. The summed E-state index contributed by atoms with van der Waals surface area (Å²) >= 11 is 0. The Kier molecular flexibility index (Phi) is 6.66. The molecule has 0 aromatic rings. The lowest BCUT2D eigenvalue weighted by atomic mass is 10.1. The van der Waals surface area contributed by atoms with Crippen molar-refractivity contribution in [3.05, 3.63) is 23.8 Å². The predicted molar refractivity (Wildman–Crippen MR) is 73.1 cm³/mol. The highest BCUT2D eigenvalue weighted by Crippen LogP contribution is 2.08. The van der Waals surface area contributed by atoms with Crippen molar-refractivity contribution in [3.8, 4) is 0 Å². The first kappa shape index (κ1) is 16.4. The first-order valence-electron chi connectivity index (χ1n) is 6.39. The number of rotatable bonds is 7. The van der Waals surface area contributed by atoms with Crippen molar-refractivity contribution in [1.29, 1.82) is 0 Å². The average molecular weight is 295 g/mol. The van der Waals surface area contributed by atoms with Gasteiger partial charge < -0.3 is 21.1 Å². The van der Waals surface area contributed by atoms with Crippen LogP contribution in [0.2, 0.25) is 0 Å². The van der Waals surface area contributed by atoms with Gasteiger partial charge in [0.05, 0.1) is 13.1 Å². The quantitative estimate of drug-likeness (QED) is 0.464. The fourth-order valence-corrected chi connectivity index (χ4v) is 1.52. The van der Waals surface area contributed by atoms with E-state index < -0.39 is 24.3 Å². The van der Waals surface area contributed by atoms with E-state index in [-0.39, 0.29) is 19.0 Å². The van der Waals surface area contributed by atoms with E-state index in [9.17, 15) is 19.2 Å². The molecule has 0 saturated heterocycles. The molecule has 0 aromatic carbocycles. The Morgan fingerprint density at radius 2 is 1.57 bits per heavy atom. The molecule has 1 rings (SSSR count). The van der Waals surface area contributed by atoms with Crippen LogP contribution in [0.5, 0.6) is 0 Å². The lowest BCUT2D eigenvalue weighted by Gasteiger charge is -2.09. The minimum atomic E-state index is -1.17. The molecule has 1 aliphatic carbocycles. The molecule has 0 bridgehead atoms. The molecule has 4 N–H and O–H groups in total. The van der Waals surface area contributed by atoms with Gasteiger partial charge in [-0.2, -0.15) is 0 Å². The highest BCUT2D eigenvalue weighted by molar-refractivity contribution is 5.98. The zero-order chi connectivity index (χ0) is 15.7. The second-order valence-electron chi connectivity index (χ2n) is 4.27. The summed E-state index contributed by atoms with van der Waals surface area (Å²) in [7, 11) is 0. The topological polar surface area (TPSA) is 125 Å². The highest BCUT2D eigenvalue weighted by Gasteiger charge is 2.11. The third-order valence-corrected chi connectivity index (χ3v) is 2.55. The average Bonchev–Trinajstić information content (AvgIpc) is 2.49. The highest BCUT2D eigenvalue weighted by atomic mass is 16.4. The number of carbonyl (C=O) groups excluding carboxylic acids is 3. The number of allylic oxidation sites excluding steroid dienone is 2. The normalized spacial score (nSPS) is 13.0. The van der Waals surface area contributed by atoms with Crippen molar-refractivity contribution >= 4 is 23.7 Å². The first-order valence-corrected chi connectivity index (χ1v) is 6.39. The predicted octanol–water partition coefficient (Wildman–Crippen LogP) is -1.30. The fraction of sp³-hybridized carbons (Fsp3) is 0.385. The van der Waals surface area contributed by atoms with Crippen molar-refractivity contribution in [2.24, 2.45) is 0 Å². The Balaban J connectivity index is 2.20. The molecule has 21 heavy (non-hydrogen) atoms. The molecule has 0 heterocycles. The van der Waals surface area contributed by atoms with Gasteiger partial charge in [-0.25, -0.2) is 0 Å². The minimum Gasteiger partial charge on any atom is -0.480 e. The molecule has 1 aliphatic rings. The van der Waals surface area contributed by atoms with Crippen LogP contribution in [0.1, 0.15) is 12.8 Å². The lowest BCUT2D eigenvalue weighted by Crippen LogP contribution is -2.43. The van der Waals surface area contributed by atoms with Gasteiger partial charge in [0, 0.05) is 5.57 Å². The van der Waals surface area contributed by atoms with Crippen LogP contribution >= 0.6 is 0 Å². The van der Waals surface area contributed by atoms with Gasteiger partial charge in [0.2, 0.25) is 11.8 Å². The Morgan fingerprint density at radius 1 is 0.952 bits per heavy atom. The van der Waals surface area contributed by atoms with Crippen molar-refractivity contribution in [2.45, 2.75) is 12.8 Å². The van der Waals surface area contributed by atoms with Crippen LogP contribution in [0.25, 0.3) is 0 Å². The summed E-state index contributed by atoms with van der Waals surface area (Å²) in [6, 6.07) is 0. The van der Waals surface area contributed by atoms with Crippen molar-refractivity contribution in [2.75, 3.05) is 19.6 Å². The van der Waals surface area contributed by atoms with Crippen LogP contribution in [0, 0.1) is 0 Å². The van der Waals surface area contributed by atoms with Crippen molar-refractivity contribution in [3.63, 3.8) is 0 Å². The number of hydrogen-bond acceptors (Lipinski definition) is 4. The molecular weight excluding hydrogens is 278 g/mol. The van der Waals surface area contributed by atoms with Gasteiger partial charge in [0.1, 0.15) is 6.54 Å². The number of carbonyl (C=O) groups is 4. The summed E-state index contributed by atoms with van der Waals surface area (Å²) in [5.41, 5.74) is 0.508. The Hall–Kier alpha value is -2.64. The Labute approximate surface area is 121 Å². The van der Waals surface area contributed by atoms with E-state index in [1.54, 1.807) is 12.2 Å². The van der Waals surface area contributed by atoms with Crippen LogP contribution in [0.4, 0.5) is 0 Å². The largest absolute Gasteiger partial charge is 0.480 e. The van der Waals surface area contributed by atoms with Crippen molar-refractivity contribution in [1.82, 2.24) is 16.0 Å². The number of aliphatic carboxylic acids is 1. The van der Waals surface area contributed by atoms with Gasteiger partial charge >= 0.3 is 5.97 Å². The van der Waals surface area contributed by atoms with Gasteiger partial charge in [-0.15, -0.1) is 0 Å². The zero-order valence-electron chi connectivity index (χ0n) is 11.3. The number of nitrogens with one attached hydrogen (secondary N) is 3. The molecule has 8 nitrogen and oxygen atoms in total. The molecule has 114 valence electrons. The maximum absolute atomic E-state index is 11.7. The van der Waals surface area contributed by atoms with Crippen LogP contribution in [0.3, 0.4) is 0 Å². The van der Waals surface area contributed by atoms with E-state index in [1.807, 2.05) is 6.08 Å². The fourth-order valence-electron chi connectivity index (χ4n) is 1.52. The standard InChI is InChI=1S/C13H17N3O5/c17-10(15-8-12(19)20)6-14-11(18)7-16-13(21)9-4-2-1-3-5-9/h2,4-5H,1,3,6-8H2,(H,14,18)(H,15,17)(H,16,21)(H,19,20). The monoisotopic (exact) mass is 295 g/mol. The van der Waals surface area contributed by atoms with E-state index in [0.717, 1.165) is 12.8 Å². The third kappa shape index (κ3) is 6.90. The molecule has 0 saturated carbocycles. The number of carboxylic acid groups (broad SMARTS) is 1. The van der Waals surface area contributed by atoms with E-state index >= 15 is 0 Å². The first-order chi connectivity index (χ1) is 9.99. The van der Waals surface area contributed by atoms with Gasteiger partial charge in [0.15, 0.2) is 0 Å². The SMILES string of the molecule is O=C(O)CNC(=O)CNC(=O)CNC(=O)C1=CCCC=C1. The molecule has 8 heteroatoms. The molecule has 0 aromatic heterocycles. The van der Waals surface area contributed by atoms with E-state index in [2.05, 4.69) is 16.0 Å². The number of amides is 3. The lowest BCUT2D eigenvalue weighted by molar-refractivity contribution is -0.137. The molecule has 0 fully saturated rings. The van der Waals surface area contributed by atoms with Gasteiger partial charge in [0.25, 0.3) is 5.91 Å². The maximum atomic E-state index is 11.7. The molecule has 0 radical (unpaired) electrons.